The average molecular weight is 590 g/mol. The number of aryl methyl sites for hydroxylation is 1. The van der Waals surface area contributed by atoms with Crippen molar-refractivity contribution >= 4 is 45.6 Å². The number of rotatable bonds is 9. The van der Waals surface area contributed by atoms with E-state index >= 15 is 0 Å². The number of anilines is 3. The summed E-state index contributed by atoms with van der Waals surface area (Å²) < 4.78 is 0. The van der Waals surface area contributed by atoms with Crippen LogP contribution in [0.2, 0.25) is 0 Å². The minimum atomic E-state index is -0.213. The van der Waals surface area contributed by atoms with E-state index in [1.54, 1.807) is 6.07 Å². The fraction of sp³-hybridized carbons (Fsp3) is 0.306. The van der Waals surface area contributed by atoms with Gasteiger partial charge >= 0.3 is 0 Å². The molecule has 44 heavy (non-hydrogen) atoms. The topological polar surface area (TPSA) is 85.0 Å². The van der Waals surface area contributed by atoms with Crippen LogP contribution in [0.3, 0.4) is 0 Å². The van der Waals surface area contributed by atoms with E-state index in [1.807, 2.05) is 59.5 Å². The molecule has 4 aromatic rings. The standard InChI is InChI=1S/C36H39N5O3/c1-26-9-2-5-14-32(26)39-21-23-40(24-22-39)33-17-16-28(35(43)37-18-8-20-41-19-7-15-34(41)42)25-31(33)38-36(44)30-13-6-11-27-10-3-4-12-29(27)30/h2-6,9-14,16-17,25H,7-8,15,18-24H2,1H3,(H,37,43)(H,38,44). The third kappa shape index (κ3) is 6.39. The normalized spacial score (nSPS) is 15.1. The summed E-state index contributed by atoms with van der Waals surface area (Å²) in [4.78, 5) is 45.3. The molecule has 8 heteroatoms. The lowest BCUT2D eigenvalue weighted by atomic mass is 10.0. The molecule has 2 saturated heterocycles. The number of carbonyl (C=O) groups is 3. The summed E-state index contributed by atoms with van der Waals surface area (Å²) in [6, 6.07) is 27.6. The zero-order valence-electron chi connectivity index (χ0n) is 25.2. The number of fused-ring (bicyclic) bond motifs is 1. The first-order valence-electron chi connectivity index (χ1n) is 15.5. The van der Waals surface area contributed by atoms with Crippen molar-refractivity contribution in [3.05, 3.63) is 102 Å². The number of carbonyl (C=O) groups excluding carboxylic acids is 3. The fourth-order valence-electron chi connectivity index (χ4n) is 6.29. The van der Waals surface area contributed by atoms with Gasteiger partial charge in [0.2, 0.25) is 5.91 Å². The number of likely N-dealkylation sites (tertiary alicyclic amines) is 1. The molecule has 0 radical (unpaired) electrons. The van der Waals surface area contributed by atoms with Gasteiger partial charge in [-0.2, -0.15) is 0 Å². The molecule has 0 unspecified atom stereocenters. The second kappa shape index (κ2) is 13.2. The zero-order chi connectivity index (χ0) is 30.5. The number of nitrogens with one attached hydrogen (secondary N) is 2. The highest BCUT2D eigenvalue weighted by atomic mass is 16.2. The third-order valence-electron chi connectivity index (χ3n) is 8.68. The SMILES string of the molecule is Cc1ccccc1N1CCN(c2ccc(C(=O)NCCCN3CCCC3=O)cc2NC(=O)c2cccc3ccccc23)CC1. The Morgan fingerprint density at radius 2 is 1.50 bits per heavy atom. The Morgan fingerprint density at radius 3 is 2.27 bits per heavy atom. The number of piperazine rings is 1. The predicted octanol–water partition coefficient (Wildman–Crippen LogP) is 5.47. The highest BCUT2D eigenvalue weighted by molar-refractivity contribution is 6.14. The lowest BCUT2D eigenvalue weighted by molar-refractivity contribution is -0.127. The molecule has 0 aliphatic carbocycles. The number of amides is 3. The van der Waals surface area contributed by atoms with Gasteiger partial charge < -0.3 is 25.3 Å². The molecule has 2 heterocycles. The maximum Gasteiger partial charge on any atom is 0.256 e. The summed E-state index contributed by atoms with van der Waals surface area (Å²) in [5.41, 5.74) is 5.08. The molecule has 2 fully saturated rings. The van der Waals surface area contributed by atoms with Crippen molar-refractivity contribution in [3.8, 4) is 0 Å². The van der Waals surface area contributed by atoms with Gasteiger partial charge in [-0.1, -0.05) is 54.6 Å². The Morgan fingerprint density at radius 1 is 0.773 bits per heavy atom. The van der Waals surface area contributed by atoms with Gasteiger partial charge in [-0.3, -0.25) is 14.4 Å². The molecule has 2 aliphatic heterocycles. The van der Waals surface area contributed by atoms with Crippen molar-refractivity contribution in [1.82, 2.24) is 10.2 Å². The van der Waals surface area contributed by atoms with Crippen LogP contribution in [-0.4, -0.2) is 68.4 Å². The Kier molecular flexibility index (Phi) is 8.77. The summed E-state index contributed by atoms with van der Waals surface area (Å²) in [6.45, 7) is 7.33. The van der Waals surface area contributed by atoms with Gasteiger partial charge in [-0.15, -0.1) is 0 Å². The summed E-state index contributed by atoms with van der Waals surface area (Å²) in [7, 11) is 0. The fourth-order valence-corrected chi connectivity index (χ4v) is 6.29. The summed E-state index contributed by atoms with van der Waals surface area (Å²) in [5.74, 6) is -0.220. The van der Waals surface area contributed by atoms with Crippen LogP contribution in [0.4, 0.5) is 17.1 Å². The van der Waals surface area contributed by atoms with Crippen LogP contribution in [0.15, 0.2) is 84.9 Å². The second-order valence-electron chi connectivity index (χ2n) is 11.6. The van der Waals surface area contributed by atoms with Crippen LogP contribution in [0.25, 0.3) is 10.8 Å². The highest BCUT2D eigenvalue weighted by Gasteiger charge is 2.23. The van der Waals surface area contributed by atoms with Gasteiger partial charge in [-0.05, 0) is 66.4 Å². The van der Waals surface area contributed by atoms with Crippen molar-refractivity contribution in [3.63, 3.8) is 0 Å². The van der Waals surface area contributed by atoms with Gasteiger partial charge in [0.25, 0.3) is 11.8 Å². The van der Waals surface area contributed by atoms with Crippen molar-refractivity contribution in [2.75, 3.05) is 60.9 Å². The quantitative estimate of drug-likeness (QED) is 0.253. The molecule has 0 atom stereocenters. The van der Waals surface area contributed by atoms with Crippen LogP contribution < -0.4 is 20.4 Å². The van der Waals surface area contributed by atoms with E-state index in [1.165, 1.54) is 11.3 Å². The second-order valence-corrected chi connectivity index (χ2v) is 11.6. The maximum atomic E-state index is 13.7. The molecule has 2 N–H and O–H groups in total. The Bertz CT molecular complexity index is 1670. The first-order valence-corrected chi connectivity index (χ1v) is 15.5. The molecule has 0 saturated carbocycles. The van der Waals surface area contributed by atoms with Gasteiger partial charge in [0.05, 0.1) is 11.4 Å². The average Bonchev–Trinajstić information content (AvgIpc) is 3.47. The molecule has 2 aliphatic rings. The monoisotopic (exact) mass is 589 g/mol. The highest BCUT2D eigenvalue weighted by Crippen LogP contribution is 2.31. The van der Waals surface area contributed by atoms with E-state index in [4.69, 9.17) is 0 Å². The Hall–Kier alpha value is -4.85. The summed E-state index contributed by atoms with van der Waals surface area (Å²) in [5, 5.41) is 8.02. The van der Waals surface area contributed by atoms with E-state index in [0.717, 1.165) is 55.6 Å². The van der Waals surface area contributed by atoms with Gasteiger partial charge in [0.15, 0.2) is 0 Å². The van der Waals surface area contributed by atoms with Crippen LogP contribution in [0.1, 0.15) is 45.5 Å². The number of hydrogen-bond acceptors (Lipinski definition) is 5. The number of hydrogen-bond donors (Lipinski definition) is 2. The molecule has 226 valence electrons. The number of para-hydroxylation sites is 1. The molecule has 3 amide bonds. The third-order valence-corrected chi connectivity index (χ3v) is 8.68. The lowest BCUT2D eigenvalue weighted by Gasteiger charge is -2.38. The van der Waals surface area contributed by atoms with Gasteiger partial charge in [-0.25, -0.2) is 0 Å². The van der Waals surface area contributed by atoms with Crippen LogP contribution >= 0.6 is 0 Å². The van der Waals surface area contributed by atoms with Crippen LogP contribution in [0.5, 0.6) is 0 Å². The van der Waals surface area contributed by atoms with E-state index in [9.17, 15) is 14.4 Å². The van der Waals surface area contributed by atoms with E-state index in [-0.39, 0.29) is 17.7 Å². The van der Waals surface area contributed by atoms with Crippen LogP contribution in [-0.2, 0) is 4.79 Å². The van der Waals surface area contributed by atoms with Crippen molar-refractivity contribution in [2.45, 2.75) is 26.2 Å². The molecule has 0 bridgehead atoms. The van der Waals surface area contributed by atoms with Crippen molar-refractivity contribution in [1.29, 1.82) is 0 Å². The molecular formula is C36H39N5O3. The van der Waals surface area contributed by atoms with Gasteiger partial charge in [0, 0.05) is 69.0 Å². The van der Waals surface area contributed by atoms with Crippen molar-refractivity contribution in [2.24, 2.45) is 0 Å². The minimum Gasteiger partial charge on any atom is -0.368 e. The molecule has 4 aromatic carbocycles. The smallest absolute Gasteiger partial charge is 0.256 e. The van der Waals surface area contributed by atoms with E-state index in [0.29, 0.717) is 42.7 Å². The first kappa shape index (κ1) is 29.2. The molecule has 6 rings (SSSR count). The predicted molar refractivity (Wildman–Crippen MR) is 177 cm³/mol. The molecule has 8 nitrogen and oxygen atoms in total. The summed E-state index contributed by atoms with van der Waals surface area (Å²) in [6.07, 6.45) is 2.23. The maximum absolute atomic E-state index is 13.7. The summed E-state index contributed by atoms with van der Waals surface area (Å²) >= 11 is 0. The Labute approximate surface area is 258 Å². The zero-order valence-corrected chi connectivity index (χ0v) is 25.2. The van der Waals surface area contributed by atoms with Gasteiger partial charge in [0.1, 0.15) is 0 Å². The number of benzene rings is 4. The molecule has 0 aromatic heterocycles. The number of nitrogens with zero attached hydrogens (tertiary/aromatic N) is 3. The molecule has 0 spiro atoms. The van der Waals surface area contributed by atoms with E-state index < -0.39 is 0 Å². The van der Waals surface area contributed by atoms with E-state index in [2.05, 4.69) is 51.6 Å². The first-order chi connectivity index (χ1) is 21.5. The largest absolute Gasteiger partial charge is 0.368 e. The van der Waals surface area contributed by atoms with Crippen molar-refractivity contribution < 1.29 is 14.4 Å². The lowest BCUT2D eigenvalue weighted by Crippen LogP contribution is -2.47. The Balaban J connectivity index is 1.20. The van der Waals surface area contributed by atoms with Crippen LogP contribution in [0, 0.1) is 6.92 Å². The molecular weight excluding hydrogens is 550 g/mol. The minimum absolute atomic E-state index is 0.193.